The second-order valence-corrected chi connectivity index (χ2v) is 6.29. The molecule has 2 rings (SSSR count). The minimum atomic E-state index is -0.164. The van der Waals surface area contributed by atoms with Gasteiger partial charge in [-0.25, -0.2) is 4.98 Å². The van der Waals surface area contributed by atoms with Gasteiger partial charge in [-0.1, -0.05) is 38.1 Å². The lowest BCUT2D eigenvalue weighted by Gasteiger charge is -2.15. The first-order valence-electron chi connectivity index (χ1n) is 6.99. The fourth-order valence-corrected chi connectivity index (χ4v) is 2.27. The summed E-state index contributed by atoms with van der Waals surface area (Å²) in [6.45, 7) is 6.31. The van der Waals surface area contributed by atoms with E-state index in [1.807, 2.05) is 13.0 Å². The molecule has 1 unspecified atom stereocenters. The minimum absolute atomic E-state index is 0.0517. The van der Waals surface area contributed by atoms with Crippen LogP contribution in [0.5, 0.6) is 0 Å². The predicted octanol–water partition coefficient (Wildman–Crippen LogP) is 4.46. The Kier molecular flexibility index (Phi) is 5.12. The molecule has 1 aromatic carbocycles. The van der Waals surface area contributed by atoms with Gasteiger partial charge in [-0.15, -0.1) is 0 Å². The van der Waals surface area contributed by atoms with Gasteiger partial charge in [0.15, 0.2) is 0 Å². The summed E-state index contributed by atoms with van der Waals surface area (Å²) in [7, 11) is 0. The van der Waals surface area contributed by atoms with Crippen molar-refractivity contribution in [1.29, 1.82) is 0 Å². The van der Waals surface area contributed by atoms with Gasteiger partial charge < -0.3 is 5.32 Å². The molecule has 0 saturated carbocycles. The molecule has 1 heterocycles. The number of benzene rings is 1. The maximum atomic E-state index is 12.1. The van der Waals surface area contributed by atoms with E-state index in [0.29, 0.717) is 11.6 Å². The van der Waals surface area contributed by atoms with E-state index in [1.54, 1.807) is 12.3 Å². The van der Waals surface area contributed by atoms with E-state index in [2.05, 4.69) is 64.3 Å². The molecule has 0 aliphatic carbocycles. The van der Waals surface area contributed by atoms with Gasteiger partial charge in [-0.2, -0.15) is 0 Å². The van der Waals surface area contributed by atoms with Crippen LogP contribution in [0, 0.1) is 0 Å². The van der Waals surface area contributed by atoms with Gasteiger partial charge in [0.25, 0.3) is 5.91 Å². The molecule has 0 bridgehead atoms. The van der Waals surface area contributed by atoms with Gasteiger partial charge in [0.2, 0.25) is 0 Å². The third kappa shape index (κ3) is 4.14. The van der Waals surface area contributed by atoms with E-state index in [9.17, 15) is 4.79 Å². The first-order valence-corrected chi connectivity index (χ1v) is 7.79. The van der Waals surface area contributed by atoms with Crippen LogP contribution in [0.4, 0.5) is 0 Å². The number of hydrogen-bond donors (Lipinski definition) is 1. The Hall–Kier alpha value is -1.68. The van der Waals surface area contributed by atoms with Crippen molar-refractivity contribution in [3.8, 4) is 0 Å². The monoisotopic (exact) mass is 346 g/mol. The highest BCUT2D eigenvalue weighted by Gasteiger charge is 2.12. The van der Waals surface area contributed by atoms with E-state index < -0.39 is 0 Å². The van der Waals surface area contributed by atoms with Crippen LogP contribution in [0.25, 0.3) is 0 Å². The van der Waals surface area contributed by atoms with E-state index >= 15 is 0 Å². The van der Waals surface area contributed by atoms with Crippen LogP contribution < -0.4 is 5.32 Å². The van der Waals surface area contributed by atoms with Crippen molar-refractivity contribution >= 4 is 21.8 Å². The summed E-state index contributed by atoms with van der Waals surface area (Å²) in [5.74, 6) is 0.346. The molecule has 0 fully saturated rings. The van der Waals surface area contributed by atoms with Crippen LogP contribution in [-0.4, -0.2) is 10.9 Å². The van der Waals surface area contributed by atoms with Crippen LogP contribution in [-0.2, 0) is 0 Å². The first kappa shape index (κ1) is 15.7. The molecule has 1 amide bonds. The van der Waals surface area contributed by atoms with Crippen LogP contribution in [0.1, 0.15) is 54.3 Å². The van der Waals surface area contributed by atoms with Crippen molar-refractivity contribution < 1.29 is 4.79 Å². The molecule has 110 valence electrons. The molecule has 1 atom stereocenters. The number of pyridine rings is 1. The maximum Gasteiger partial charge on any atom is 0.270 e. The zero-order chi connectivity index (χ0) is 15.4. The predicted molar refractivity (Wildman–Crippen MR) is 88.3 cm³/mol. The van der Waals surface area contributed by atoms with Crippen LogP contribution >= 0.6 is 15.9 Å². The van der Waals surface area contributed by atoms with Crippen molar-refractivity contribution in [3.05, 3.63) is 63.9 Å². The summed E-state index contributed by atoms with van der Waals surface area (Å²) in [4.78, 5) is 16.2. The highest BCUT2D eigenvalue weighted by molar-refractivity contribution is 9.10. The highest BCUT2D eigenvalue weighted by Crippen LogP contribution is 2.19. The highest BCUT2D eigenvalue weighted by atomic mass is 79.9. The summed E-state index contributed by atoms with van der Waals surface area (Å²) in [6, 6.07) is 11.8. The molecular weight excluding hydrogens is 328 g/mol. The number of halogens is 1. The van der Waals surface area contributed by atoms with Crippen molar-refractivity contribution in [2.75, 3.05) is 0 Å². The third-order valence-corrected chi connectivity index (χ3v) is 3.88. The Morgan fingerprint density at radius 3 is 2.19 bits per heavy atom. The summed E-state index contributed by atoms with van der Waals surface area (Å²) in [5, 5.41) is 2.96. The van der Waals surface area contributed by atoms with Crippen molar-refractivity contribution in [2.45, 2.75) is 32.7 Å². The molecule has 0 spiro atoms. The Bertz CT molecular complexity index is 606. The lowest BCUT2D eigenvalue weighted by atomic mass is 9.99. The van der Waals surface area contributed by atoms with E-state index in [1.165, 1.54) is 5.56 Å². The average Bonchev–Trinajstić information content (AvgIpc) is 2.47. The van der Waals surface area contributed by atoms with Crippen LogP contribution in [0.3, 0.4) is 0 Å². The molecule has 0 aliphatic heterocycles. The first-order chi connectivity index (χ1) is 9.97. The third-order valence-electron chi connectivity index (χ3n) is 3.41. The lowest BCUT2D eigenvalue weighted by Crippen LogP contribution is -2.27. The summed E-state index contributed by atoms with van der Waals surface area (Å²) in [5.41, 5.74) is 2.81. The zero-order valence-electron chi connectivity index (χ0n) is 12.4. The van der Waals surface area contributed by atoms with Crippen molar-refractivity contribution in [2.24, 2.45) is 0 Å². The number of aromatic nitrogens is 1. The molecule has 3 nitrogen and oxygen atoms in total. The van der Waals surface area contributed by atoms with E-state index in [0.717, 1.165) is 10.0 Å². The van der Waals surface area contributed by atoms with E-state index in [4.69, 9.17) is 0 Å². The summed E-state index contributed by atoms with van der Waals surface area (Å²) in [6.07, 6.45) is 1.62. The topological polar surface area (TPSA) is 42.0 Å². The fourth-order valence-electron chi connectivity index (χ4n) is 2.03. The number of rotatable bonds is 4. The standard InChI is InChI=1S/C17H19BrN2O/c1-11(2)13-4-6-14(7-5-13)12(3)20-17(21)16-9-8-15(18)10-19-16/h4-12H,1-3H3,(H,20,21). The maximum absolute atomic E-state index is 12.1. The number of hydrogen-bond acceptors (Lipinski definition) is 2. The molecule has 21 heavy (non-hydrogen) atoms. The van der Waals surface area contributed by atoms with Crippen LogP contribution in [0.2, 0.25) is 0 Å². The Morgan fingerprint density at radius 1 is 1.05 bits per heavy atom. The quantitative estimate of drug-likeness (QED) is 0.887. The largest absolute Gasteiger partial charge is 0.344 e. The van der Waals surface area contributed by atoms with Gasteiger partial charge in [0, 0.05) is 10.7 Å². The number of carbonyl (C=O) groups is 1. The number of amides is 1. The van der Waals surface area contributed by atoms with Crippen molar-refractivity contribution in [3.63, 3.8) is 0 Å². The summed E-state index contributed by atoms with van der Waals surface area (Å²) < 4.78 is 0.858. The molecular formula is C17H19BrN2O. The molecule has 1 aromatic heterocycles. The number of nitrogens with zero attached hydrogens (tertiary/aromatic N) is 1. The molecule has 1 N–H and O–H groups in total. The molecule has 0 radical (unpaired) electrons. The Morgan fingerprint density at radius 2 is 1.67 bits per heavy atom. The Balaban J connectivity index is 2.05. The lowest BCUT2D eigenvalue weighted by molar-refractivity contribution is 0.0935. The smallest absolute Gasteiger partial charge is 0.270 e. The van der Waals surface area contributed by atoms with Gasteiger partial charge in [0.1, 0.15) is 5.69 Å². The fraction of sp³-hybridized carbons (Fsp3) is 0.294. The molecule has 2 aromatic rings. The van der Waals surface area contributed by atoms with Crippen molar-refractivity contribution in [1.82, 2.24) is 10.3 Å². The normalized spacial score (nSPS) is 12.2. The second-order valence-electron chi connectivity index (χ2n) is 5.38. The van der Waals surface area contributed by atoms with Gasteiger partial charge in [-0.05, 0) is 52.0 Å². The van der Waals surface area contributed by atoms with Gasteiger partial charge in [-0.3, -0.25) is 4.79 Å². The Labute approximate surface area is 133 Å². The summed E-state index contributed by atoms with van der Waals surface area (Å²) >= 11 is 3.31. The zero-order valence-corrected chi connectivity index (χ0v) is 14.0. The van der Waals surface area contributed by atoms with Gasteiger partial charge in [0.05, 0.1) is 6.04 Å². The second kappa shape index (κ2) is 6.85. The molecule has 0 aliphatic rings. The van der Waals surface area contributed by atoms with E-state index in [-0.39, 0.29) is 11.9 Å². The van der Waals surface area contributed by atoms with Gasteiger partial charge >= 0.3 is 0 Å². The average molecular weight is 347 g/mol. The van der Waals surface area contributed by atoms with Crippen LogP contribution in [0.15, 0.2) is 47.1 Å². The molecule has 0 saturated heterocycles. The minimum Gasteiger partial charge on any atom is -0.344 e. The molecule has 4 heteroatoms. The number of carbonyl (C=O) groups excluding carboxylic acids is 1. The SMILES string of the molecule is CC(C)c1ccc(C(C)NC(=O)c2ccc(Br)cn2)cc1. The number of nitrogens with one attached hydrogen (secondary N) is 1.